The molecule has 10 heteroatoms. The number of nitriles is 1. The molecular weight excluding hydrogens is 425 g/mol. The summed E-state index contributed by atoms with van der Waals surface area (Å²) in [5.74, 6) is -0.298. The van der Waals surface area contributed by atoms with Crippen LogP contribution < -0.4 is 5.32 Å². The third kappa shape index (κ3) is 6.15. The van der Waals surface area contributed by atoms with E-state index in [1.54, 1.807) is 17.0 Å². The van der Waals surface area contributed by atoms with Gasteiger partial charge in [-0.25, -0.2) is 4.79 Å². The highest BCUT2D eigenvalue weighted by atomic mass is 16.5. The monoisotopic (exact) mass is 453 g/mol. The number of fused-ring (bicyclic) bond motifs is 1. The average molecular weight is 453 g/mol. The Kier molecular flexibility index (Phi) is 8.14. The van der Waals surface area contributed by atoms with Gasteiger partial charge in [0.1, 0.15) is 23.8 Å². The van der Waals surface area contributed by atoms with Crippen LogP contribution in [0.2, 0.25) is 6.32 Å². The largest absolute Gasteiger partial charge is 0.464 e. The van der Waals surface area contributed by atoms with Crippen molar-refractivity contribution >= 4 is 30.1 Å². The van der Waals surface area contributed by atoms with Crippen LogP contribution in [-0.4, -0.2) is 53.3 Å². The van der Waals surface area contributed by atoms with Gasteiger partial charge in [0, 0.05) is 23.8 Å². The predicted molar refractivity (Wildman–Crippen MR) is 122 cm³/mol. The lowest BCUT2D eigenvalue weighted by Crippen LogP contribution is -2.41. The first-order chi connectivity index (χ1) is 15.8. The van der Waals surface area contributed by atoms with Gasteiger partial charge in [-0.05, 0) is 24.8 Å². The van der Waals surface area contributed by atoms with Gasteiger partial charge in [-0.2, -0.15) is 5.26 Å². The molecule has 0 aliphatic carbocycles. The Balaban J connectivity index is 1.65. The molecule has 9 nitrogen and oxygen atoms in total. The van der Waals surface area contributed by atoms with E-state index in [1.807, 2.05) is 38.1 Å². The lowest BCUT2D eigenvalue weighted by Gasteiger charge is -2.25. The second-order valence-corrected chi connectivity index (χ2v) is 8.43. The van der Waals surface area contributed by atoms with Crippen molar-refractivity contribution in [3.8, 4) is 6.07 Å². The molecule has 1 aliphatic rings. The highest BCUT2D eigenvalue weighted by Gasteiger charge is 2.32. The molecule has 0 unspecified atom stereocenters. The molecule has 174 valence electrons. The zero-order valence-corrected chi connectivity index (χ0v) is 18.7. The summed E-state index contributed by atoms with van der Waals surface area (Å²) >= 11 is 0. The van der Waals surface area contributed by atoms with E-state index >= 15 is 0 Å². The minimum absolute atomic E-state index is 0.0293. The molecule has 0 spiro atoms. The van der Waals surface area contributed by atoms with Gasteiger partial charge in [0.2, 0.25) is 0 Å². The number of ether oxygens (including phenoxy) is 1. The highest BCUT2D eigenvalue weighted by Crippen LogP contribution is 2.29. The fourth-order valence-electron chi connectivity index (χ4n) is 4.02. The van der Waals surface area contributed by atoms with Crippen molar-refractivity contribution in [2.75, 3.05) is 13.2 Å². The van der Waals surface area contributed by atoms with Gasteiger partial charge in [0.15, 0.2) is 0 Å². The number of rotatable bonds is 8. The van der Waals surface area contributed by atoms with Gasteiger partial charge in [-0.3, -0.25) is 4.79 Å². The summed E-state index contributed by atoms with van der Waals surface area (Å²) in [6.45, 7) is 4.25. The Labute approximate surface area is 192 Å². The maximum Gasteiger partial charge on any atom is 0.453 e. The standard InChI is InChI=1S/C23H28BN3O6/c1-15(2)10-16(12-25)22(28)27-9-5-6-17(27)13-33-23(29)26-20(11-24(30)31)19-14-32-21-8-4-3-7-18(19)21/h3-4,7-8,10,14-15,17,20,30-31H,5-6,9,11,13H2,1-2H3,(H,26,29)/t17-,20-/m1/s1. The Morgan fingerprint density at radius 2 is 2.15 bits per heavy atom. The number of allylic oxidation sites excluding steroid dienone is 1. The van der Waals surface area contributed by atoms with E-state index in [1.165, 1.54) is 6.26 Å². The first-order valence-electron chi connectivity index (χ1n) is 11.0. The zero-order valence-electron chi connectivity index (χ0n) is 18.7. The smallest absolute Gasteiger partial charge is 0.453 e. The zero-order chi connectivity index (χ0) is 24.0. The second kappa shape index (κ2) is 11.0. The molecule has 0 bridgehead atoms. The third-order valence-electron chi connectivity index (χ3n) is 5.52. The highest BCUT2D eigenvalue weighted by molar-refractivity contribution is 6.41. The molecule has 1 fully saturated rings. The molecule has 2 heterocycles. The maximum atomic E-state index is 12.8. The summed E-state index contributed by atoms with van der Waals surface area (Å²) < 4.78 is 10.9. The van der Waals surface area contributed by atoms with Crippen molar-refractivity contribution in [2.24, 2.45) is 5.92 Å². The van der Waals surface area contributed by atoms with Crippen molar-refractivity contribution in [3.63, 3.8) is 0 Å². The minimum Gasteiger partial charge on any atom is -0.464 e. The van der Waals surface area contributed by atoms with Crippen LogP contribution in [0.15, 0.2) is 46.6 Å². The van der Waals surface area contributed by atoms with E-state index in [2.05, 4.69) is 5.32 Å². The Morgan fingerprint density at radius 1 is 1.39 bits per heavy atom. The summed E-state index contributed by atoms with van der Waals surface area (Å²) in [6.07, 6.45) is 3.61. The number of para-hydroxylation sites is 1. The van der Waals surface area contributed by atoms with E-state index in [-0.39, 0.29) is 36.4 Å². The number of carbonyl (C=O) groups is 2. The molecule has 0 saturated carbocycles. The normalized spacial score (nSPS) is 17.2. The summed E-state index contributed by atoms with van der Waals surface area (Å²) in [5.41, 5.74) is 1.30. The number of carbonyl (C=O) groups excluding carboxylic acids is 2. The second-order valence-electron chi connectivity index (χ2n) is 8.43. The van der Waals surface area contributed by atoms with Gasteiger partial charge in [0.25, 0.3) is 5.91 Å². The number of benzene rings is 1. The first kappa shape index (κ1) is 24.4. The van der Waals surface area contributed by atoms with E-state index in [9.17, 15) is 24.9 Å². The van der Waals surface area contributed by atoms with Gasteiger partial charge >= 0.3 is 13.2 Å². The lowest BCUT2D eigenvalue weighted by atomic mass is 9.79. The molecular formula is C23H28BN3O6. The van der Waals surface area contributed by atoms with E-state index < -0.39 is 19.3 Å². The third-order valence-corrected chi connectivity index (χ3v) is 5.52. The summed E-state index contributed by atoms with van der Waals surface area (Å²) in [4.78, 5) is 26.9. The molecule has 33 heavy (non-hydrogen) atoms. The van der Waals surface area contributed by atoms with Crippen molar-refractivity contribution < 1.29 is 28.8 Å². The summed E-state index contributed by atoms with van der Waals surface area (Å²) in [6, 6.07) is 8.11. The van der Waals surface area contributed by atoms with Crippen LogP contribution in [0.1, 0.15) is 38.3 Å². The van der Waals surface area contributed by atoms with Crippen LogP contribution in [0.5, 0.6) is 0 Å². The molecule has 2 aromatic rings. The van der Waals surface area contributed by atoms with Gasteiger partial charge < -0.3 is 29.4 Å². The molecule has 3 N–H and O–H groups in total. The molecule has 2 amide bonds. The molecule has 1 aliphatic heterocycles. The predicted octanol–water partition coefficient (Wildman–Crippen LogP) is 2.77. The number of nitrogens with zero attached hydrogens (tertiary/aromatic N) is 2. The van der Waals surface area contributed by atoms with Gasteiger partial charge in [-0.15, -0.1) is 0 Å². The molecule has 3 rings (SSSR count). The van der Waals surface area contributed by atoms with Gasteiger partial charge in [0.05, 0.1) is 18.3 Å². The van der Waals surface area contributed by atoms with Crippen LogP contribution in [0, 0.1) is 17.2 Å². The topological polar surface area (TPSA) is 136 Å². The van der Waals surface area contributed by atoms with Crippen LogP contribution in [0.3, 0.4) is 0 Å². The molecule has 1 aromatic heterocycles. The average Bonchev–Trinajstić information content (AvgIpc) is 3.41. The number of alkyl carbamates (subject to hydrolysis) is 1. The van der Waals surface area contributed by atoms with Crippen LogP contribution in [0.4, 0.5) is 4.79 Å². The van der Waals surface area contributed by atoms with E-state index in [0.717, 1.165) is 11.8 Å². The number of nitrogens with one attached hydrogen (secondary N) is 1. The van der Waals surface area contributed by atoms with Crippen molar-refractivity contribution in [2.45, 2.75) is 45.1 Å². The Morgan fingerprint density at radius 3 is 2.85 bits per heavy atom. The van der Waals surface area contributed by atoms with Crippen molar-refractivity contribution in [1.29, 1.82) is 5.26 Å². The van der Waals surface area contributed by atoms with Crippen LogP contribution >= 0.6 is 0 Å². The van der Waals surface area contributed by atoms with E-state index in [0.29, 0.717) is 24.1 Å². The van der Waals surface area contributed by atoms with Gasteiger partial charge in [-0.1, -0.05) is 38.1 Å². The van der Waals surface area contributed by atoms with E-state index in [4.69, 9.17) is 9.15 Å². The number of likely N-dealkylation sites (tertiary alicyclic amines) is 1. The summed E-state index contributed by atoms with van der Waals surface area (Å²) in [5, 5.41) is 31.7. The van der Waals surface area contributed by atoms with Crippen molar-refractivity contribution in [1.82, 2.24) is 10.2 Å². The summed E-state index contributed by atoms with van der Waals surface area (Å²) in [7, 11) is -1.65. The quantitative estimate of drug-likeness (QED) is 0.318. The van der Waals surface area contributed by atoms with Crippen molar-refractivity contribution in [3.05, 3.63) is 47.7 Å². The maximum absolute atomic E-state index is 12.8. The Bertz CT molecular complexity index is 1060. The Hall–Kier alpha value is -3.29. The van der Waals surface area contributed by atoms with Crippen LogP contribution in [-0.2, 0) is 9.53 Å². The first-order valence-corrected chi connectivity index (χ1v) is 11.0. The fourth-order valence-corrected chi connectivity index (χ4v) is 4.02. The number of hydrogen-bond acceptors (Lipinski definition) is 7. The SMILES string of the molecule is CC(C)C=C(C#N)C(=O)N1CCC[C@@H]1COC(=O)N[C@H](CB(O)O)c1coc2ccccc12. The number of furan rings is 1. The molecule has 0 radical (unpaired) electrons. The molecule has 1 saturated heterocycles. The van der Waals surface area contributed by atoms with Crippen LogP contribution in [0.25, 0.3) is 11.0 Å². The number of amides is 2. The number of hydrogen-bond donors (Lipinski definition) is 3. The molecule has 1 aromatic carbocycles. The molecule has 2 atom stereocenters. The lowest BCUT2D eigenvalue weighted by molar-refractivity contribution is -0.128. The fraction of sp³-hybridized carbons (Fsp3) is 0.435. The minimum atomic E-state index is -1.65.